The zero-order valence-electron chi connectivity index (χ0n) is 46.9. The van der Waals surface area contributed by atoms with Crippen LogP contribution in [0.15, 0.2) is 175 Å². The van der Waals surface area contributed by atoms with Gasteiger partial charge >= 0.3 is 43.6 Å². The van der Waals surface area contributed by atoms with Crippen molar-refractivity contribution in [3.8, 4) is 5.40 Å². The summed E-state index contributed by atoms with van der Waals surface area (Å²) in [5, 5.41) is 39.6. The number of thiocyanates is 1. The van der Waals surface area contributed by atoms with Crippen LogP contribution in [0.2, 0.25) is 0 Å². The van der Waals surface area contributed by atoms with Crippen molar-refractivity contribution in [3.63, 3.8) is 0 Å². The summed E-state index contributed by atoms with van der Waals surface area (Å²) in [5.41, 5.74) is 20.1. The second-order valence-corrected chi connectivity index (χ2v) is 18.3. The molecule has 430 valence electrons. The number of carboxylic acids is 3. The van der Waals surface area contributed by atoms with E-state index >= 15 is 0 Å². The van der Waals surface area contributed by atoms with E-state index < -0.39 is 36.0 Å². The van der Waals surface area contributed by atoms with Gasteiger partial charge in [-0.2, -0.15) is 25.1 Å². The molecule has 0 fully saturated rings. The smallest absolute Gasteiger partial charge is 0.702 e. The predicted octanol–water partition coefficient (Wildman–Crippen LogP) is 17.7. The first kappa shape index (κ1) is 82.7. The zero-order chi connectivity index (χ0) is 57.2. The SMILES string of the molecule is C=C/C(=C\C(C/C=C(\C=C/[N-]C)C(=O)O)C/C([NH-])=C\C(=C/C)C(=O)O)C(=O)O.C=C/C(=C\C/C=C/C(N)C(F)(F)F)c1ccc(N(C)c2ccc(C(C)(C)C)cc2)cc1.CC.CC(C)(C)C1=CC=CCC1.N#C[S-].[NH2-].[NH2-].[NH2-].[Ru+6]. The van der Waals surface area contributed by atoms with Gasteiger partial charge < -0.3 is 68.1 Å². The molecule has 0 saturated heterocycles. The van der Waals surface area contributed by atoms with Crippen LogP contribution in [-0.4, -0.2) is 59.5 Å². The van der Waals surface area contributed by atoms with Crippen molar-refractivity contribution in [2.45, 2.75) is 112 Å². The topological polar surface area (TPSA) is 303 Å². The molecule has 0 radical (unpaired) electrons. The van der Waals surface area contributed by atoms with Crippen molar-refractivity contribution >= 4 is 47.5 Å². The van der Waals surface area contributed by atoms with E-state index in [0.717, 1.165) is 34.7 Å². The minimum atomic E-state index is -4.42. The monoisotopic (exact) mass is 1190 g/mol. The number of nitriles is 1. The van der Waals surface area contributed by atoms with E-state index in [1.165, 1.54) is 80.4 Å². The Bertz CT molecular complexity index is 2440. The van der Waals surface area contributed by atoms with Gasteiger partial charge in [-0.25, -0.2) is 19.6 Å². The number of nitrogens with two attached hydrogens (primary N) is 4. The maximum absolute atomic E-state index is 12.5. The largest absolute Gasteiger partial charge is 6.00 e. The van der Waals surface area contributed by atoms with Crippen LogP contribution in [0.3, 0.4) is 0 Å². The summed E-state index contributed by atoms with van der Waals surface area (Å²) in [6.45, 7) is 26.2. The second-order valence-electron chi connectivity index (χ2n) is 18.1. The molecule has 0 aliphatic heterocycles. The summed E-state index contributed by atoms with van der Waals surface area (Å²) in [4.78, 5) is 35.7. The average molecular weight is 1190 g/mol. The Hall–Kier alpha value is -6.65. The molecule has 3 rings (SSSR count). The number of aliphatic carboxylic acids is 3. The van der Waals surface area contributed by atoms with E-state index in [4.69, 9.17) is 21.8 Å². The van der Waals surface area contributed by atoms with Gasteiger partial charge in [-0.1, -0.05) is 183 Å². The molecule has 0 amide bonds. The Morgan fingerprint density at radius 3 is 1.74 bits per heavy atom. The molecule has 0 spiro atoms. The Morgan fingerprint density at radius 1 is 0.872 bits per heavy atom. The van der Waals surface area contributed by atoms with Gasteiger partial charge in [0, 0.05) is 18.4 Å². The number of carbonyl (C=O) groups is 3. The van der Waals surface area contributed by atoms with Gasteiger partial charge in [0.05, 0.1) is 16.7 Å². The van der Waals surface area contributed by atoms with Gasteiger partial charge in [0.25, 0.3) is 0 Å². The van der Waals surface area contributed by atoms with Crippen LogP contribution in [0.4, 0.5) is 24.5 Å². The van der Waals surface area contributed by atoms with Crippen LogP contribution in [0, 0.1) is 22.0 Å². The van der Waals surface area contributed by atoms with E-state index in [-0.39, 0.29) is 78.6 Å². The van der Waals surface area contributed by atoms with Crippen molar-refractivity contribution in [2.24, 2.45) is 17.1 Å². The maximum Gasteiger partial charge on any atom is 6.00 e. The first-order valence-corrected chi connectivity index (χ1v) is 24.2. The number of anilines is 2. The molecule has 2 aromatic rings. The fraction of sp³-hybridized carbons (Fsp3) is 0.356. The zero-order valence-corrected chi connectivity index (χ0v) is 49.5. The molecule has 78 heavy (non-hydrogen) atoms. The standard InChI is InChI=1S/C26H31F3N2.C20H24N2O6.C10H16.C2H6.CHNS.3H2N.Ru/c1-6-19(9-7-8-10-24(30)26(27,28)29)20-11-15-22(16-12-20)31(5)23-17-13-21(14-18-23)25(2,3)4;1-4-14(18(23)24)10-13(6-7-16(20(27)28)8-9-22-3)11-17(21)12-15(5-2)19(25)26;1-10(2,3)9-7-5-4-6-8-9;1-2;2-1-3;;;;/h6,8-18,24H,1,7,30H2,2-5H3;4-5,7-10,12-13,21H,1,6,11H2,2-3H3,(H,23,24)(H,25,26)(H,27,28);4-5,7H,6,8H2,1-3H3;1-2H3;3H;3*1H2;/q;-2;;;;3*-1;+6/p-1/b10-8+,19-9+;9-8-,14-10+,15-5+,16-7+,17-12+;;;;;;;. The number of rotatable bonds is 19. The summed E-state index contributed by atoms with van der Waals surface area (Å²) in [5.74, 6) is -4.12. The second kappa shape index (κ2) is 43.3. The van der Waals surface area contributed by atoms with E-state index in [1.54, 1.807) is 11.6 Å². The summed E-state index contributed by atoms with van der Waals surface area (Å²) < 4.78 is 37.4. The Kier molecular flexibility index (Phi) is 46.0. The number of carboxylic acid groups (broad SMARTS) is 3. The number of nitrogens with zero attached hydrogens (tertiary/aromatic N) is 3. The molecule has 0 heterocycles. The number of halogens is 3. The van der Waals surface area contributed by atoms with Crippen molar-refractivity contribution in [3.05, 3.63) is 215 Å². The minimum absolute atomic E-state index is 0. The van der Waals surface area contributed by atoms with Gasteiger partial charge in [0.1, 0.15) is 6.04 Å². The molecule has 1 aliphatic carbocycles. The number of nitrogens with one attached hydrogen (secondary N) is 1. The number of benzene rings is 2. The van der Waals surface area contributed by atoms with Gasteiger partial charge in [0.2, 0.25) is 0 Å². The van der Waals surface area contributed by atoms with Gasteiger partial charge in [-0.05, 0) is 96.7 Å². The first-order valence-electron chi connectivity index (χ1n) is 23.8. The van der Waals surface area contributed by atoms with Crippen LogP contribution in [0.5, 0.6) is 0 Å². The molecule has 0 bridgehead atoms. The Morgan fingerprint density at radius 2 is 1.37 bits per heavy atom. The van der Waals surface area contributed by atoms with Crippen LogP contribution in [0.1, 0.15) is 106 Å². The molecule has 0 saturated carbocycles. The molecule has 1 aliphatic rings. The van der Waals surface area contributed by atoms with Gasteiger partial charge in [0.15, 0.2) is 0 Å². The van der Waals surface area contributed by atoms with Crippen molar-refractivity contribution in [2.75, 3.05) is 19.0 Å². The summed E-state index contributed by atoms with van der Waals surface area (Å²) in [7, 11) is 3.50. The average Bonchev–Trinajstić information content (AvgIpc) is 3.35. The van der Waals surface area contributed by atoms with Crippen molar-refractivity contribution < 1.29 is 62.4 Å². The minimum Gasteiger partial charge on any atom is -0.702 e. The fourth-order valence-corrected chi connectivity index (χ4v) is 6.44. The normalized spacial score (nSPS) is 13.4. The number of hydrogen-bond acceptors (Lipinski definition) is 7. The summed E-state index contributed by atoms with van der Waals surface area (Å²) in [6, 6.07) is 14.6. The quantitative estimate of drug-likeness (QED) is 0.0257. The van der Waals surface area contributed by atoms with E-state index in [9.17, 15) is 37.8 Å². The van der Waals surface area contributed by atoms with E-state index in [1.807, 2.05) is 51.2 Å². The third kappa shape index (κ3) is 34.2. The third-order valence-electron chi connectivity index (χ3n) is 10.6. The summed E-state index contributed by atoms with van der Waals surface area (Å²) in [6.07, 6.45) is 20.2. The molecule has 19 heteroatoms. The van der Waals surface area contributed by atoms with Crippen LogP contribution < -0.4 is 10.6 Å². The van der Waals surface area contributed by atoms with Gasteiger partial charge in [-0.3, -0.25) is 0 Å². The summed E-state index contributed by atoms with van der Waals surface area (Å²) >= 11 is 3.70. The van der Waals surface area contributed by atoms with Crippen molar-refractivity contribution in [1.29, 1.82) is 5.26 Å². The first-order chi connectivity index (χ1) is 34.6. The fourth-order valence-electron chi connectivity index (χ4n) is 6.44. The molecule has 2 atom stereocenters. The molecule has 2 unspecified atom stereocenters. The third-order valence-corrected chi connectivity index (χ3v) is 10.6. The van der Waals surface area contributed by atoms with Gasteiger partial charge in [-0.15, -0.1) is 7.05 Å². The molecular formula is C59H83F3N8O6RuS. The van der Waals surface area contributed by atoms with Crippen LogP contribution in [-0.2, 0) is 51.9 Å². The molecular weight excluding hydrogens is 1110 g/mol. The van der Waals surface area contributed by atoms with Crippen LogP contribution in [0.25, 0.3) is 35.1 Å². The number of alkyl halides is 3. The molecule has 12 N–H and O–H groups in total. The number of hydrogen-bond donors (Lipinski definition) is 4. The molecule has 14 nitrogen and oxygen atoms in total. The maximum atomic E-state index is 12.5. The molecule has 0 aromatic heterocycles. The Balaban J connectivity index is -0.000000253. The molecule has 2 aromatic carbocycles. The van der Waals surface area contributed by atoms with Crippen molar-refractivity contribution in [1.82, 2.24) is 0 Å². The van der Waals surface area contributed by atoms with E-state index in [0.29, 0.717) is 11.8 Å². The Labute approximate surface area is 481 Å². The van der Waals surface area contributed by atoms with E-state index in [2.05, 4.69) is 120 Å². The predicted molar refractivity (Wildman–Crippen MR) is 318 cm³/mol. The van der Waals surface area contributed by atoms with Crippen LogP contribution >= 0.6 is 0 Å². The number of allylic oxidation sites excluding steroid dienone is 12.